The second-order valence-corrected chi connectivity index (χ2v) is 4.66. The van der Waals surface area contributed by atoms with Crippen LogP contribution < -0.4 is 5.73 Å². The second kappa shape index (κ2) is 4.11. The Bertz CT molecular complexity index is 331. The summed E-state index contributed by atoms with van der Waals surface area (Å²) in [5.74, 6) is -0.281. The SMILES string of the molecule is COC(=O)c1sccc1C(C)(C)CN. The molecule has 0 aliphatic carbocycles. The van der Waals surface area contributed by atoms with Crippen LogP contribution in [0.4, 0.5) is 0 Å². The zero-order valence-corrected chi connectivity index (χ0v) is 9.48. The summed E-state index contributed by atoms with van der Waals surface area (Å²) in [6, 6.07) is 1.93. The topological polar surface area (TPSA) is 52.3 Å². The Morgan fingerprint density at radius 2 is 2.29 bits per heavy atom. The summed E-state index contributed by atoms with van der Waals surface area (Å²) in [6.07, 6.45) is 0. The van der Waals surface area contributed by atoms with Gasteiger partial charge in [0.2, 0.25) is 0 Å². The van der Waals surface area contributed by atoms with Gasteiger partial charge in [-0.05, 0) is 17.0 Å². The Labute approximate surface area is 87.9 Å². The van der Waals surface area contributed by atoms with E-state index in [2.05, 4.69) is 0 Å². The van der Waals surface area contributed by atoms with Crippen molar-refractivity contribution >= 4 is 17.3 Å². The lowest BCUT2D eigenvalue weighted by Crippen LogP contribution is -2.29. The highest BCUT2D eigenvalue weighted by molar-refractivity contribution is 7.12. The first-order chi connectivity index (χ1) is 6.53. The Balaban J connectivity index is 3.10. The smallest absolute Gasteiger partial charge is 0.348 e. The molecular weight excluding hydrogens is 198 g/mol. The summed E-state index contributed by atoms with van der Waals surface area (Å²) >= 11 is 1.39. The van der Waals surface area contributed by atoms with Crippen LogP contribution >= 0.6 is 11.3 Å². The number of hydrogen-bond acceptors (Lipinski definition) is 4. The van der Waals surface area contributed by atoms with Crippen molar-refractivity contribution in [1.29, 1.82) is 0 Å². The van der Waals surface area contributed by atoms with Crippen molar-refractivity contribution in [2.45, 2.75) is 19.3 Å². The monoisotopic (exact) mass is 213 g/mol. The minimum absolute atomic E-state index is 0.177. The molecule has 4 heteroatoms. The minimum atomic E-state index is -0.281. The fourth-order valence-corrected chi connectivity index (χ4v) is 2.19. The molecule has 0 radical (unpaired) electrons. The predicted molar refractivity (Wildman–Crippen MR) is 57.7 cm³/mol. The summed E-state index contributed by atoms with van der Waals surface area (Å²) in [5.41, 5.74) is 6.45. The first kappa shape index (κ1) is 11.2. The molecule has 1 aromatic heterocycles. The summed E-state index contributed by atoms with van der Waals surface area (Å²) in [4.78, 5) is 12.1. The van der Waals surface area contributed by atoms with Crippen LogP contribution in [0.2, 0.25) is 0 Å². The molecule has 2 N–H and O–H groups in total. The van der Waals surface area contributed by atoms with Gasteiger partial charge in [0, 0.05) is 12.0 Å². The van der Waals surface area contributed by atoms with E-state index in [-0.39, 0.29) is 11.4 Å². The molecule has 1 rings (SSSR count). The zero-order chi connectivity index (χ0) is 10.8. The number of rotatable bonds is 3. The van der Waals surface area contributed by atoms with Crippen LogP contribution in [0.15, 0.2) is 11.4 Å². The van der Waals surface area contributed by atoms with Gasteiger partial charge in [0.1, 0.15) is 4.88 Å². The normalized spacial score (nSPS) is 11.4. The molecular formula is C10H15NO2S. The van der Waals surface area contributed by atoms with Crippen molar-refractivity contribution in [3.8, 4) is 0 Å². The molecule has 3 nitrogen and oxygen atoms in total. The molecule has 0 saturated carbocycles. The van der Waals surface area contributed by atoms with E-state index < -0.39 is 0 Å². The fraction of sp³-hybridized carbons (Fsp3) is 0.500. The van der Waals surface area contributed by atoms with Gasteiger partial charge in [0.15, 0.2) is 0 Å². The van der Waals surface area contributed by atoms with Crippen molar-refractivity contribution in [2.24, 2.45) is 5.73 Å². The molecule has 0 amide bonds. The number of ether oxygens (including phenoxy) is 1. The third-order valence-electron chi connectivity index (χ3n) is 2.28. The first-order valence-corrected chi connectivity index (χ1v) is 5.27. The van der Waals surface area contributed by atoms with Crippen LogP contribution in [0.25, 0.3) is 0 Å². The predicted octanol–water partition coefficient (Wildman–Crippen LogP) is 1.77. The Hall–Kier alpha value is -0.870. The maximum Gasteiger partial charge on any atom is 0.348 e. The third kappa shape index (κ3) is 1.96. The van der Waals surface area contributed by atoms with E-state index in [4.69, 9.17) is 10.5 Å². The molecule has 1 heterocycles. The van der Waals surface area contributed by atoms with E-state index >= 15 is 0 Å². The molecule has 1 aromatic rings. The molecule has 0 spiro atoms. The number of thiophene rings is 1. The van der Waals surface area contributed by atoms with Crippen LogP contribution in [-0.4, -0.2) is 19.6 Å². The largest absolute Gasteiger partial charge is 0.465 e. The molecule has 0 unspecified atom stereocenters. The molecule has 0 fully saturated rings. The minimum Gasteiger partial charge on any atom is -0.465 e. The van der Waals surface area contributed by atoms with Gasteiger partial charge in [-0.2, -0.15) is 0 Å². The molecule has 0 bridgehead atoms. The van der Waals surface area contributed by atoms with Gasteiger partial charge in [-0.25, -0.2) is 4.79 Å². The Kier molecular flexibility index (Phi) is 3.29. The van der Waals surface area contributed by atoms with Crippen LogP contribution in [0, 0.1) is 0 Å². The van der Waals surface area contributed by atoms with Gasteiger partial charge < -0.3 is 10.5 Å². The molecule has 0 aliphatic rings. The number of carbonyl (C=O) groups is 1. The average Bonchev–Trinajstić information content (AvgIpc) is 2.65. The summed E-state index contributed by atoms with van der Waals surface area (Å²) < 4.78 is 4.71. The lowest BCUT2D eigenvalue weighted by Gasteiger charge is -2.22. The fourth-order valence-electron chi connectivity index (χ4n) is 1.20. The van der Waals surface area contributed by atoms with Crippen LogP contribution in [0.1, 0.15) is 29.1 Å². The number of esters is 1. The number of carbonyl (C=O) groups excluding carboxylic acids is 1. The lowest BCUT2D eigenvalue weighted by atomic mass is 9.85. The van der Waals surface area contributed by atoms with E-state index in [1.165, 1.54) is 18.4 Å². The maximum absolute atomic E-state index is 11.4. The molecule has 14 heavy (non-hydrogen) atoms. The number of nitrogens with two attached hydrogens (primary N) is 1. The van der Waals surface area contributed by atoms with Crippen molar-refractivity contribution in [1.82, 2.24) is 0 Å². The van der Waals surface area contributed by atoms with Crippen molar-refractivity contribution < 1.29 is 9.53 Å². The summed E-state index contributed by atoms with van der Waals surface area (Å²) in [6.45, 7) is 4.54. The molecule has 78 valence electrons. The zero-order valence-electron chi connectivity index (χ0n) is 8.66. The van der Waals surface area contributed by atoms with Crippen molar-refractivity contribution in [3.63, 3.8) is 0 Å². The van der Waals surface area contributed by atoms with E-state index in [0.717, 1.165) is 5.56 Å². The highest BCUT2D eigenvalue weighted by Crippen LogP contribution is 2.29. The highest BCUT2D eigenvalue weighted by Gasteiger charge is 2.26. The van der Waals surface area contributed by atoms with Crippen molar-refractivity contribution in [2.75, 3.05) is 13.7 Å². The maximum atomic E-state index is 11.4. The van der Waals surface area contributed by atoms with Crippen molar-refractivity contribution in [3.05, 3.63) is 21.9 Å². The van der Waals surface area contributed by atoms with Crippen LogP contribution in [0.3, 0.4) is 0 Å². The van der Waals surface area contributed by atoms with Gasteiger partial charge in [0.25, 0.3) is 0 Å². The highest BCUT2D eigenvalue weighted by atomic mass is 32.1. The number of hydrogen-bond donors (Lipinski definition) is 1. The van der Waals surface area contributed by atoms with Gasteiger partial charge in [0.05, 0.1) is 7.11 Å². The Morgan fingerprint density at radius 3 is 2.79 bits per heavy atom. The molecule has 0 aromatic carbocycles. The number of methoxy groups -OCH3 is 1. The molecule has 0 aliphatic heterocycles. The van der Waals surface area contributed by atoms with Gasteiger partial charge in [-0.15, -0.1) is 11.3 Å². The third-order valence-corrected chi connectivity index (χ3v) is 3.17. The van der Waals surface area contributed by atoms with Gasteiger partial charge in [-0.1, -0.05) is 13.8 Å². The average molecular weight is 213 g/mol. The van der Waals surface area contributed by atoms with Gasteiger partial charge in [-0.3, -0.25) is 0 Å². The van der Waals surface area contributed by atoms with E-state index in [1.54, 1.807) is 0 Å². The van der Waals surface area contributed by atoms with E-state index in [9.17, 15) is 4.79 Å². The van der Waals surface area contributed by atoms with E-state index in [0.29, 0.717) is 11.4 Å². The van der Waals surface area contributed by atoms with E-state index in [1.807, 2.05) is 25.3 Å². The van der Waals surface area contributed by atoms with Crippen LogP contribution in [-0.2, 0) is 10.2 Å². The molecule has 0 saturated heterocycles. The van der Waals surface area contributed by atoms with Crippen LogP contribution in [0.5, 0.6) is 0 Å². The Morgan fingerprint density at radius 1 is 1.64 bits per heavy atom. The summed E-state index contributed by atoms with van der Waals surface area (Å²) in [7, 11) is 1.39. The quantitative estimate of drug-likeness (QED) is 0.778. The lowest BCUT2D eigenvalue weighted by molar-refractivity contribution is 0.0603. The standard InChI is InChI=1S/C10H15NO2S/c1-10(2,6-11)7-4-5-14-8(7)9(12)13-3/h4-5H,6,11H2,1-3H3. The second-order valence-electron chi connectivity index (χ2n) is 3.74. The molecule has 0 atom stereocenters. The first-order valence-electron chi connectivity index (χ1n) is 4.39. The summed E-state index contributed by atoms with van der Waals surface area (Å²) in [5, 5.41) is 1.89. The van der Waals surface area contributed by atoms with Gasteiger partial charge >= 0.3 is 5.97 Å².